The first-order chi connectivity index (χ1) is 8.35. The summed E-state index contributed by atoms with van der Waals surface area (Å²) in [5.74, 6) is 0. The Hall–Kier alpha value is -0.890. The average molecular weight is 252 g/mol. The monoisotopic (exact) mass is 252 g/mol. The fraction of sp³-hybridized carbons (Fsp3) is 0.688. The van der Waals surface area contributed by atoms with Gasteiger partial charge in [0.1, 0.15) is 6.29 Å². The van der Waals surface area contributed by atoms with Crippen molar-refractivity contribution in [2.45, 2.75) is 71.8 Å². The minimum Gasteiger partial charge on any atom is -0.390 e. The molecule has 0 radical (unpaired) electrons. The predicted octanol–water partition coefficient (Wildman–Crippen LogP) is 4.19. The lowest BCUT2D eigenvalue weighted by Crippen LogP contribution is -2.17. The summed E-state index contributed by atoms with van der Waals surface area (Å²) in [5, 5.41) is 9.59. The first-order valence-electron chi connectivity index (χ1n) is 6.82. The minimum atomic E-state index is -0.567. The van der Waals surface area contributed by atoms with E-state index in [1.54, 1.807) is 0 Å². The van der Waals surface area contributed by atoms with E-state index in [4.69, 9.17) is 0 Å². The van der Waals surface area contributed by atoms with Gasteiger partial charge in [-0.1, -0.05) is 23.3 Å². The van der Waals surface area contributed by atoms with Crippen LogP contribution < -0.4 is 0 Å². The van der Waals surface area contributed by atoms with Crippen LogP contribution in [0.25, 0.3) is 0 Å². The van der Waals surface area contributed by atoms with Crippen LogP contribution in [0.15, 0.2) is 23.3 Å². The van der Waals surface area contributed by atoms with Crippen molar-refractivity contribution in [2.24, 2.45) is 0 Å². The van der Waals surface area contributed by atoms with Crippen molar-refractivity contribution >= 4 is 6.29 Å². The predicted molar refractivity (Wildman–Crippen MR) is 77.6 cm³/mol. The molecule has 2 nitrogen and oxygen atoms in total. The minimum absolute atomic E-state index is 0.567. The molecule has 2 heteroatoms. The molecule has 0 saturated heterocycles. The fourth-order valence-corrected chi connectivity index (χ4v) is 1.71. The molecule has 0 aromatic carbocycles. The maximum Gasteiger partial charge on any atom is 0.120 e. The summed E-state index contributed by atoms with van der Waals surface area (Å²) >= 11 is 0. The molecule has 0 heterocycles. The Bertz CT molecular complexity index is 293. The van der Waals surface area contributed by atoms with E-state index in [1.807, 2.05) is 13.8 Å². The van der Waals surface area contributed by atoms with Crippen LogP contribution in [0.2, 0.25) is 0 Å². The third-order valence-electron chi connectivity index (χ3n) is 2.94. The summed E-state index contributed by atoms with van der Waals surface area (Å²) in [6.07, 6.45) is 10.7. The summed E-state index contributed by atoms with van der Waals surface area (Å²) in [6, 6.07) is 0. The molecule has 0 bridgehead atoms. The molecule has 0 rings (SSSR count). The molecule has 0 unspecified atom stereocenters. The van der Waals surface area contributed by atoms with Crippen LogP contribution in [-0.2, 0) is 4.79 Å². The lowest BCUT2D eigenvalue weighted by Gasteiger charge is -2.15. The van der Waals surface area contributed by atoms with Crippen molar-refractivity contribution in [1.29, 1.82) is 0 Å². The standard InChI is InChI=1S/C16H28O2/c1-14(10-6-12-16(3,4)18)8-5-9-15(2)11-7-13-17/h9-10,13,18H,5-8,11-12H2,1-4H3/b14-10+,15-9+. The van der Waals surface area contributed by atoms with Crippen LogP contribution in [0.1, 0.15) is 66.2 Å². The highest BCUT2D eigenvalue weighted by molar-refractivity contribution is 5.49. The van der Waals surface area contributed by atoms with Gasteiger partial charge in [0.2, 0.25) is 0 Å². The number of hydrogen-bond donors (Lipinski definition) is 1. The van der Waals surface area contributed by atoms with Gasteiger partial charge < -0.3 is 9.90 Å². The second-order valence-electron chi connectivity index (χ2n) is 5.70. The van der Waals surface area contributed by atoms with Gasteiger partial charge in [0, 0.05) is 6.42 Å². The molecule has 0 aliphatic carbocycles. The van der Waals surface area contributed by atoms with Crippen LogP contribution in [0.5, 0.6) is 0 Å². The van der Waals surface area contributed by atoms with Crippen LogP contribution in [0.4, 0.5) is 0 Å². The molecule has 104 valence electrons. The van der Waals surface area contributed by atoms with E-state index in [2.05, 4.69) is 26.0 Å². The second-order valence-corrected chi connectivity index (χ2v) is 5.70. The second kappa shape index (κ2) is 9.09. The molecular formula is C16H28O2. The van der Waals surface area contributed by atoms with Crippen molar-refractivity contribution in [1.82, 2.24) is 0 Å². The topological polar surface area (TPSA) is 37.3 Å². The van der Waals surface area contributed by atoms with Gasteiger partial charge in [0.15, 0.2) is 0 Å². The molecule has 18 heavy (non-hydrogen) atoms. The fourth-order valence-electron chi connectivity index (χ4n) is 1.71. The molecule has 0 fully saturated rings. The zero-order valence-corrected chi connectivity index (χ0v) is 12.3. The molecule has 0 aliphatic rings. The third-order valence-corrected chi connectivity index (χ3v) is 2.94. The molecule has 0 saturated carbocycles. The van der Waals surface area contributed by atoms with Gasteiger partial charge in [-0.15, -0.1) is 0 Å². The van der Waals surface area contributed by atoms with Crippen molar-refractivity contribution in [3.05, 3.63) is 23.3 Å². The Labute approximate surface area is 112 Å². The number of hydrogen-bond acceptors (Lipinski definition) is 2. The van der Waals surface area contributed by atoms with Gasteiger partial charge in [-0.05, 0) is 59.8 Å². The number of carbonyl (C=O) groups excluding carboxylic acids is 1. The number of carbonyl (C=O) groups is 1. The molecule has 0 atom stereocenters. The van der Waals surface area contributed by atoms with E-state index in [0.717, 1.165) is 38.4 Å². The zero-order valence-electron chi connectivity index (χ0n) is 12.3. The Morgan fingerprint density at radius 1 is 1.00 bits per heavy atom. The van der Waals surface area contributed by atoms with Crippen LogP contribution >= 0.6 is 0 Å². The highest BCUT2D eigenvalue weighted by Crippen LogP contribution is 2.14. The molecule has 1 N–H and O–H groups in total. The van der Waals surface area contributed by atoms with Gasteiger partial charge in [-0.25, -0.2) is 0 Å². The number of aldehydes is 1. The number of allylic oxidation sites excluding steroid dienone is 4. The lowest BCUT2D eigenvalue weighted by atomic mass is 10.0. The lowest BCUT2D eigenvalue weighted by molar-refractivity contribution is -0.107. The van der Waals surface area contributed by atoms with Crippen LogP contribution in [-0.4, -0.2) is 17.0 Å². The van der Waals surface area contributed by atoms with Gasteiger partial charge in [-0.2, -0.15) is 0 Å². The molecule has 0 aromatic rings. The van der Waals surface area contributed by atoms with Gasteiger partial charge >= 0.3 is 0 Å². The Morgan fingerprint density at radius 3 is 2.00 bits per heavy atom. The highest BCUT2D eigenvalue weighted by atomic mass is 16.3. The van der Waals surface area contributed by atoms with Crippen molar-refractivity contribution in [2.75, 3.05) is 0 Å². The molecule has 0 aromatic heterocycles. The first-order valence-corrected chi connectivity index (χ1v) is 6.82. The van der Waals surface area contributed by atoms with Gasteiger partial charge in [0.05, 0.1) is 5.60 Å². The Balaban J connectivity index is 3.85. The zero-order chi connectivity index (χ0) is 14.0. The third kappa shape index (κ3) is 11.6. The van der Waals surface area contributed by atoms with Crippen molar-refractivity contribution < 1.29 is 9.90 Å². The summed E-state index contributed by atoms with van der Waals surface area (Å²) in [7, 11) is 0. The first kappa shape index (κ1) is 17.1. The maximum atomic E-state index is 10.2. The Kier molecular flexibility index (Phi) is 8.65. The molecular weight excluding hydrogens is 224 g/mol. The van der Waals surface area contributed by atoms with E-state index in [-0.39, 0.29) is 0 Å². The number of aliphatic hydroxyl groups is 1. The van der Waals surface area contributed by atoms with Gasteiger partial charge in [-0.3, -0.25) is 0 Å². The van der Waals surface area contributed by atoms with Crippen LogP contribution in [0.3, 0.4) is 0 Å². The average Bonchev–Trinajstić information content (AvgIpc) is 2.24. The van der Waals surface area contributed by atoms with E-state index >= 15 is 0 Å². The normalized spacial score (nSPS) is 13.8. The maximum absolute atomic E-state index is 10.2. The van der Waals surface area contributed by atoms with E-state index in [0.29, 0.717) is 6.42 Å². The summed E-state index contributed by atoms with van der Waals surface area (Å²) in [5.41, 5.74) is 2.10. The number of rotatable bonds is 9. The van der Waals surface area contributed by atoms with E-state index in [9.17, 15) is 9.90 Å². The summed E-state index contributed by atoms with van der Waals surface area (Å²) < 4.78 is 0. The van der Waals surface area contributed by atoms with E-state index in [1.165, 1.54) is 11.1 Å². The van der Waals surface area contributed by atoms with Crippen molar-refractivity contribution in [3.63, 3.8) is 0 Å². The van der Waals surface area contributed by atoms with E-state index < -0.39 is 5.60 Å². The molecule has 0 aliphatic heterocycles. The summed E-state index contributed by atoms with van der Waals surface area (Å²) in [6.45, 7) is 7.90. The summed E-state index contributed by atoms with van der Waals surface area (Å²) in [4.78, 5) is 10.2. The molecule has 0 spiro atoms. The molecule has 0 amide bonds. The van der Waals surface area contributed by atoms with Gasteiger partial charge in [0.25, 0.3) is 0 Å². The highest BCUT2D eigenvalue weighted by Gasteiger charge is 2.09. The quantitative estimate of drug-likeness (QED) is 0.493. The van der Waals surface area contributed by atoms with Crippen LogP contribution in [0, 0.1) is 0 Å². The SMILES string of the molecule is C/C(=C\CC/C(C)=C/CCC(C)(C)O)CCC=O. The smallest absolute Gasteiger partial charge is 0.120 e. The largest absolute Gasteiger partial charge is 0.390 e. The van der Waals surface area contributed by atoms with Crippen molar-refractivity contribution in [3.8, 4) is 0 Å². The Morgan fingerprint density at radius 2 is 1.50 bits per heavy atom.